The van der Waals surface area contributed by atoms with E-state index in [1.807, 2.05) is 18.7 Å². The molecule has 0 radical (unpaired) electrons. The van der Waals surface area contributed by atoms with Gasteiger partial charge in [0, 0.05) is 19.1 Å². The van der Waals surface area contributed by atoms with E-state index in [1.165, 1.54) is 0 Å². The topological polar surface area (TPSA) is 44.4 Å². The van der Waals surface area contributed by atoms with Crippen molar-refractivity contribution in [1.29, 1.82) is 0 Å². The normalized spacial score (nSPS) is 17.6. The standard InChI is InChI=1S/C9H17N3OS/c1-7(2)11-9(14)12-5-3-4-10-8(13)6-12/h7H,3-6H2,1-2H3,(H,10,13)(H,11,14). The van der Waals surface area contributed by atoms with E-state index in [0.29, 0.717) is 17.7 Å². The first-order valence-corrected chi connectivity index (χ1v) is 5.32. The molecule has 0 spiro atoms. The minimum atomic E-state index is 0.0513. The summed E-state index contributed by atoms with van der Waals surface area (Å²) >= 11 is 5.20. The minimum Gasteiger partial charge on any atom is -0.360 e. The highest BCUT2D eigenvalue weighted by Gasteiger charge is 2.16. The Balaban J connectivity index is 2.48. The Morgan fingerprint density at radius 3 is 3.00 bits per heavy atom. The molecule has 1 saturated heterocycles. The quantitative estimate of drug-likeness (QED) is 0.609. The van der Waals surface area contributed by atoms with E-state index in [-0.39, 0.29) is 5.91 Å². The Labute approximate surface area is 90.0 Å². The van der Waals surface area contributed by atoms with Gasteiger partial charge in [0.25, 0.3) is 0 Å². The summed E-state index contributed by atoms with van der Waals surface area (Å²) in [6.45, 7) is 6.03. The molecule has 2 N–H and O–H groups in total. The predicted molar refractivity (Wildman–Crippen MR) is 60.1 cm³/mol. The molecule has 14 heavy (non-hydrogen) atoms. The van der Waals surface area contributed by atoms with Gasteiger partial charge in [0.15, 0.2) is 5.11 Å². The maximum Gasteiger partial charge on any atom is 0.239 e. The number of hydrogen-bond acceptors (Lipinski definition) is 2. The van der Waals surface area contributed by atoms with Crippen LogP contribution >= 0.6 is 12.2 Å². The summed E-state index contributed by atoms with van der Waals surface area (Å²) in [7, 11) is 0. The molecule has 0 aliphatic carbocycles. The van der Waals surface area contributed by atoms with Crippen molar-refractivity contribution in [3.63, 3.8) is 0 Å². The summed E-state index contributed by atoms with van der Waals surface area (Å²) < 4.78 is 0. The van der Waals surface area contributed by atoms with Crippen molar-refractivity contribution < 1.29 is 4.79 Å². The van der Waals surface area contributed by atoms with Crippen molar-refractivity contribution in [3.05, 3.63) is 0 Å². The molecule has 0 unspecified atom stereocenters. The maximum absolute atomic E-state index is 11.2. The molecule has 1 rings (SSSR count). The van der Waals surface area contributed by atoms with Crippen molar-refractivity contribution in [2.75, 3.05) is 19.6 Å². The molecule has 0 saturated carbocycles. The Morgan fingerprint density at radius 2 is 2.36 bits per heavy atom. The fourth-order valence-corrected chi connectivity index (χ4v) is 1.71. The lowest BCUT2D eigenvalue weighted by Crippen LogP contribution is -2.45. The highest BCUT2D eigenvalue weighted by Crippen LogP contribution is 1.97. The SMILES string of the molecule is CC(C)NC(=S)N1CCCNC(=O)C1. The largest absolute Gasteiger partial charge is 0.360 e. The molecule has 0 aromatic rings. The van der Waals surface area contributed by atoms with Crippen LogP contribution in [-0.4, -0.2) is 41.6 Å². The van der Waals surface area contributed by atoms with E-state index in [4.69, 9.17) is 12.2 Å². The third-order valence-electron chi connectivity index (χ3n) is 1.96. The second-order valence-electron chi connectivity index (χ2n) is 3.73. The van der Waals surface area contributed by atoms with Gasteiger partial charge in [-0.1, -0.05) is 0 Å². The van der Waals surface area contributed by atoms with E-state index >= 15 is 0 Å². The molecule has 1 aliphatic heterocycles. The summed E-state index contributed by atoms with van der Waals surface area (Å²) in [5.41, 5.74) is 0. The third kappa shape index (κ3) is 3.49. The monoisotopic (exact) mass is 215 g/mol. The Kier molecular flexibility index (Phi) is 4.13. The van der Waals surface area contributed by atoms with Crippen molar-refractivity contribution in [3.8, 4) is 0 Å². The first kappa shape index (κ1) is 11.2. The summed E-state index contributed by atoms with van der Waals surface area (Å²) in [6.07, 6.45) is 0.950. The van der Waals surface area contributed by atoms with Gasteiger partial charge in [-0.25, -0.2) is 0 Å². The Hall–Kier alpha value is -0.840. The maximum atomic E-state index is 11.2. The summed E-state index contributed by atoms with van der Waals surface area (Å²) in [6, 6.07) is 0.314. The summed E-state index contributed by atoms with van der Waals surface area (Å²) in [5.74, 6) is 0.0513. The van der Waals surface area contributed by atoms with Gasteiger partial charge in [0.1, 0.15) is 0 Å². The molecule has 1 fully saturated rings. The fraction of sp³-hybridized carbons (Fsp3) is 0.778. The van der Waals surface area contributed by atoms with Crippen molar-refractivity contribution >= 4 is 23.2 Å². The van der Waals surface area contributed by atoms with Crippen LogP contribution in [0.15, 0.2) is 0 Å². The van der Waals surface area contributed by atoms with Crippen LogP contribution in [0.2, 0.25) is 0 Å². The molecule has 1 amide bonds. The fourth-order valence-electron chi connectivity index (χ4n) is 1.32. The lowest BCUT2D eigenvalue weighted by Gasteiger charge is -2.24. The molecule has 1 heterocycles. The van der Waals surface area contributed by atoms with Crippen LogP contribution in [0, 0.1) is 0 Å². The Morgan fingerprint density at radius 1 is 1.64 bits per heavy atom. The molecule has 80 valence electrons. The van der Waals surface area contributed by atoms with Gasteiger partial charge in [0.2, 0.25) is 5.91 Å². The number of carbonyl (C=O) groups is 1. The number of rotatable bonds is 1. The summed E-state index contributed by atoms with van der Waals surface area (Å²) in [4.78, 5) is 13.2. The lowest BCUT2D eigenvalue weighted by atomic mass is 10.4. The van der Waals surface area contributed by atoms with E-state index in [9.17, 15) is 4.79 Å². The molecule has 4 nitrogen and oxygen atoms in total. The van der Waals surface area contributed by atoms with Crippen LogP contribution in [0.1, 0.15) is 20.3 Å². The second kappa shape index (κ2) is 5.14. The van der Waals surface area contributed by atoms with Crippen LogP contribution in [0.5, 0.6) is 0 Å². The van der Waals surface area contributed by atoms with E-state index in [0.717, 1.165) is 19.5 Å². The van der Waals surface area contributed by atoms with Crippen molar-refractivity contribution in [2.45, 2.75) is 26.3 Å². The minimum absolute atomic E-state index is 0.0513. The zero-order chi connectivity index (χ0) is 10.6. The van der Waals surface area contributed by atoms with Gasteiger partial charge in [0.05, 0.1) is 6.54 Å². The number of nitrogens with zero attached hydrogens (tertiary/aromatic N) is 1. The number of carbonyl (C=O) groups excluding carboxylic acids is 1. The first-order chi connectivity index (χ1) is 6.59. The van der Waals surface area contributed by atoms with E-state index in [1.54, 1.807) is 0 Å². The highest BCUT2D eigenvalue weighted by atomic mass is 32.1. The smallest absolute Gasteiger partial charge is 0.239 e. The Bertz CT molecular complexity index is 230. The van der Waals surface area contributed by atoms with Gasteiger partial charge in [-0.3, -0.25) is 4.79 Å². The molecule has 5 heteroatoms. The zero-order valence-electron chi connectivity index (χ0n) is 8.67. The number of amides is 1. The number of nitrogens with one attached hydrogen (secondary N) is 2. The van der Waals surface area contributed by atoms with Crippen molar-refractivity contribution in [2.24, 2.45) is 0 Å². The van der Waals surface area contributed by atoms with Gasteiger partial charge < -0.3 is 15.5 Å². The molecular weight excluding hydrogens is 198 g/mol. The van der Waals surface area contributed by atoms with Gasteiger partial charge in [-0.15, -0.1) is 0 Å². The van der Waals surface area contributed by atoms with E-state index < -0.39 is 0 Å². The van der Waals surface area contributed by atoms with Crippen LogP contribution in [0.25, 0.3) is 0 Å². The first-order valence-electron chi connectivity index (χ1n) is 4.91. The lowest BCUT2D eigenvalue weighted by molar-refractivity contribution is -0.120. The molecule has 1 aliphatic rings. The van der Waals surface area contributed by atoms with Crippen molar-refractivity contribution in [1.82, 2.24) is 15.5 Å². The molecule has 0 aromatic heterocycles. The molecular formula is C9H17N3OS. The molecule has 0 atom stereocenters. The number of hydrogen-bond donors (Lipinski definition) is 2. The van der Waals surface area contributed by atoms with E-state index in [2.05, 4.69) is 10.6 Å². The van der Waals surface area contributed by atoms with Crippen LogP contribution in [0.3, 0.4) is 0 Å². The van der Waals surface area contributed by atoms with Gasteiger partial charge in [-0.2, -0.15) is 0 Å². The third-order valence-corrected chi connectivity index (χ3v) is 2.34. The molecule has 0 bridgehead atoms. The highest BCUT2D eigenvalue weighted by molar-refractivity contribution is 7.80. The van der Waals surface area contributed by atoms with Crippen LogP contribution in [-0.2, 0) is 4.79 Å². The molecule has 0 aromatic carbocycles. The number of thiocarbonyl (C=S) groups is 1. The average Bonchev–Trinajstić information content (AvgIpc) is 2.28. The van der Waals surface area contributed by atoms with Gasteiger partial charge in [-0.05, 0) is 32.5 Å². The van der Waals surface area contributed by atoms with Crippen LogP contribution in [0.4, 0.5) is 0 Å². The van der Waals surface area contributed by atoms with Gasteiger partial charge >= 0.3 is 0 Å². The summed E-state index contributed by atoms with van der Waals surface area (Å²) in [5, 5.41) is 6.63. The zero-order valence-corrected chi connectivity index (χ0v) is 9.49. The van der Waals surface area contributed by atoms with Crippen LogP contribution < -0.4 is 10.6 Å². The second-order valence-corrected chi connectivity index (χ2v) is 4.12. The average molecular weight is 215 g/mol. The predicted octanol–water partition coefficient (Wildman–Crippen LogP) is 0.0912.